The molecule has 0 aliphatic heterocycles. The van der Waals surface area contributed by atoms with E-state index < -0.39 is 0 Å². The van der Waals surface area contributed by atoms with Crippen LogP contribution >= 0.6 is 0 Å². The first-order valence-electron chi connectivity index (χ1n) is 5.62. The molecule has 0 saturated carbocycles. The van der Waals surface area contributed by atoms with Crippen molar-refractivity contribution in [2.45, 2.75) is 41.0 Å². The van der Waals surface area contributed by atoms with Gasteiger partial charge in [-0.1, -0.05) is 13.8 Å². The van der Waals surface area contributed by atoms with Gasteiger partial charge in [-0.05, 0) is 33.1 Å². The summed E-state index contributed by atoms with van der Waals surface area (Å²) in [7, 11) is 0. The molecule has 1 N–H and O–H groups in total. The maximum absolute atomic E-state index is 4.50. The second kappa shape index (κ2) is 5.10. The molecule has 0 aromatic carbocycles. The SMILES string of the molecule is CCNc1nc(C)nc(CC(C)C)c1C. The maximum atomic E-state index is 4.50. The van der Waals surface area contributed by atoms with Crippen LogP contribution in [0.3, 0.4) is 0 Å². The van der Waals surface area contributed by atoms with Crippen molar-refractivity contribution in [2.24, 2.45) is 5.92 Å². The van der Waals surface area contributed by atoms with Crippen molar-refractivity contribution < 1.29 is 0 Å². The van der Waals surface area contributed by atoms with Crippen molar-refractivity contribution in [3.63, 3.8) is 0 Å². The molecule has 0 fully saturated rings. The van der Waals surface area contributed by atoms with Crippen molar-refractivity contribution in [3.8, 4) is 0 Å². The smallest absolute Gasteiger partial charge is 0.132 e. The summed E-state index contributed by atoms with van der Waals surface area (Å²) in [4.78, 5) is 8.91. The second-order valence-corrected chi connectivity index (χ2v) is 4.32. The van der Waals surface area contributed by atoms with E-state index in [9.17, 15) is 0 Å². The number of nitrogens with one attached hydrogen (secondary N) is 1. The Balaban J connectivity index is 3.04. The standard InChI is InChI=1S/C12H21N3/c1-6-13-12-9(4)11(7-8(2)3)14-10(5)15-12/h8H,6-7H2,1-5H3,(H,13,14,15). The minimum atomic E-state index is 0.632. The average molecular weight is 207 g/mol. The molecule has 1 aromatic heterocycles. The number of aromatic nitrogens is 2. The monoisotopic (exact) mass is 207 g/mol. The Morgan fingerprint density at radius 3 is 2.40 bits per heavy atom. The third-order valence-electron chi connectivity index (χ3n) is 2.30. The van der Waals surface area contributed by atoms with Gasteiger partial charge in [-0.3, -0.25) is 0 Å². The first-order valence-corrected chi connectivity index (χ1v) is 5.62. The molecule has 3 nitrogen and oxygen atoms in total. The van der Waals surface area contributed by atoms with E-state index in [0.29, 0.717) is 5.92 Å². The molecular formula is C12H21N3. The van der Waals surface area contributed by atoms with Gasteiger partial charge in [0.25, 0.3) is 0 Å². The number of hydrogen-bond donors (Lipinski definition) is 1. The fourth-order valence-electron chi connectivity index (χ4n) is 1.61. The fourth-order valence-corrected chi connectivity index (χ4v) is 1.61. The Morgan fingerprint density at radius 2 is 1.87 bits per heavy atom. The number of anilines is 1. The third-order valence-corrected chi connectivity index (χ3v) is 2.30. The van der Waals surface area contributed by atoms with Crippen LogP contribution in [0.15, 0.2) is 0 Å². The zero-order valence-corrected chi connectivity index (χ0v) is 10.4. The number of nitrogens with zero attached hydrogens (tertiary/aromatic N) is 2. The first-order chi connectivity index (χ1) is 7.04. The highest BCUT2D eigenvalue weighted by atomic mass is 15.0. The summed E-state index contributed by atoms with van der Waals surface area (Å²) in [6.45, 7) is 11.4. The van der Waals surface area contributed by atoms with Gasteiger partial charge < -0.3 is 5.32 Å². The zero-order valence-electron chi connectivity index (χ0n) is 10.4. The van der Waals surface area contributed by atoms with Crippen LogP contribution in [-0.2, 0) is 6.42 Å². The molecule has 84 valence electrons. The molecular weight excluding hydrogens is 186 g/mol. The molecule has 0 spiro atoms. The highest BCUT2D eigenvalue weighted by Gasteiger charge is 2.09. The summed E-state index contributed by atoms with van der Waals surface area (Å²) in [6, 6.07) is 0. The van der Waals surface area contributed by atoms with E-state index in [1.165, 1.54) is 11.3 Å². The molecule has 1 rings (SSSR count). The normalized spacial score (nSPS) is 10.8. The molecule has 0 atom stereocenters. The summed E-state index contributed by atoms with van der Waals surface area (Å²) in [5.74, 6) is 2.47. The van der Waals surface area contributed by atoms with Gasteiger partial charge in [0.1, 0.15) is 11.6 Å². The molecule has 0 unspecified atom stereocenters. The van der Waals surface area contributed by atoms with Gasteiger partial charge in [-0.25, -0.2) is 9.97 Å². The van der Waals surface area contributed by atoms with Crippen molar-refractivity contribution in [3.05, 3.63) is 17.1 Å². The van der Waals surface area contributed by atoms with Crippen LogP contribution in [0.1, 0.15) is 37.9 Å². The highest BCUT2D eigenvalue weighted by molar-refractivity contribution is 5.45. The van der Waals surface area contributed by atoms with E-state index in [1.807, 2.05) is 6.92 Å². The summed E-state index contributed by atoms with van der Waals surface area (Å²) in [5.41, 5.74) is 2.37. The Bertz CT molecular complexity index is 332. The molecule has 0 radical (unpaired) electrons. The Hall–Kier alpha value is -1.12. The largest absolute Gasteiger partial charge is 0.370 e. The Labute approximate surface area is 92.3 Å². The van der Waals surface area contributed by atoms with Crippen LogP contribution in [0.25, 0.3) is 0 Å². The van der Waals surface area contributed by atoms with Crippen molar-refractivity contribution >= 4 is 5.82 Å². The first kappa shape index (κ1) is 12.0. The Kier molecular flexibility index (Phi) is 4.06. The van der Waals surface area contributed by atoms with E-state index >= 15 is 0 Å². The second-order valence-electron chi connectivity index (χ2n) is 4.32. The van der Waals surface area contributed by atoms with E-state index in [-0.39, 0.29) is 0 Å². The molecule has 0 amide bonds. The summed E-state index contributed by atoms with van der Waals surface area (Å²) in [5, 5.41) is 3.28. The van der Waals surface area contributed by atoms with Gasteiger partial charge in [-0.15, -0.1) is 0 Å². The quantitative estimate of drug-likeness (QED) is 0.825. The lowest BCUT2D eigenvalue weighted by molar-refractivity contribution is 0.629. The van der Waals surface area contributed by atoms with Crippen LogP contribution in [-0.4, -0.2) is 16.5 Å². The van der Waals surface area contributed by atoms with Crippen LogP contribution in [0.5, 0.6) is 0 Å². The molecule has 15 heavy (non-hydrogen) atoms. The van der Waals surface area contributed by atoms with Gasteiger partial charge >= 0.3 is 0 Å². The predicted octanol–water partition coefficient (Wildman–Crippen LogP) is 2.72. The number of rotatable bonds is 4. The maximum Gasteiger partial charge on any atom is 0.132 e. The van der Waals surface area contributed by atoms with Crippen molar-refractivity contribution in [1.82, 2.24) is 9.97 Å². The lowest BCUT2D eigenvalue weighted by atomic mass is 10.0. The van der Waals surface area contributed by atoms with Gasteiger partial charge in [0.15, 0.2) is 0 Å². The fraction of sp³-hybridized carbons (Fsp3) is 0.667. The van der Waals surface area contributed by atoms with Gasteiger partial charge in [0.2, 0.25) is 0 Å². The minimum Gasteiger partial charge on any atom is -0.370 e. The van der Waals surface area contributed by atoms with Crippen LogP contribution in [0.2, 0.25) is 0 Å². The van der Waals surface area contributed by atoms with Gasteiger partial charge in [0, 0.05) is 17.8 Å². The molecule has 0 aliphatic rings. The van der Waals surface area contributed by atoms with E-state index in [4.69, 9.17) is 0 Å². The minimum absolute atomic E-state index is 0.632. The zero-order chi connectivity index (χ0) is 11.4. The predicted molar refractivity (Wildman–Crippen MR) is 64.2 cm³/mol. The number of hydrogen-bond acceptors (Lipinski definition) is 3. The van der Waals surface area contributed by atoms with E-state index in [2.05, 4.69) is 43.0 Å². The molecule has 1 aromatic rings. The van der Waals surface area contributed by atoms with Crippen molar-refractivity contribution in [1.29, 1.82) is 0 Å². The Morgan fingerprint density at radius 1 is 1.20 bits per heavy atom. The molecule has 0 saturated heterocycles. The van der Waals surface area contributed by atoms with Crippen LogP contribution in [0.4, 0.5) is 5.82 Å². The van der Waals surface area contributed by atoms with Gasteiger partial charge in [-0.2, -0.15) is 0 Å². The average Bonchev–Trinajstić information content (AvgIpc) is 2.12. The highest BCUT2D eigenvalue weighted by Crippen LogP contribution is 2.18. The van der Waals surface area contributed by atoms with Crippen LogP contribution in [0, 0.1) is 19.8 Å². The van der Waals surface area contributed by atoms with Crippen molar-refractivity contribution in [2.75, 3.05) is 11.9 Å². The van der Waals surface area contributed by atoms with E-state index in [1.54, 1.807) is 0 Å². The number of aryl methyl sites for hydroxylation is 1. The summed E-state index contributed by atoms with van der Waals surface area (Å²) < 4.78 is 0. The molecule has 1 heterocycles. The van der Waals surface area contributed by atoms with Crippen LogP contribution < -0.4 is 5.32 Å². The lowest BCUT2D eigenvalue weighted by Crippen LogP contribution is -2.09. The summed E-state index contributed by atoms with van der Waals surface area (Å²) in [6.07, 6.45) is 1.02. The molecule has 3 heteroatoms. The molecule has 0 aliphatic carbocycles. The summed E-state index contributed by atoms with van der Waals surface area (Å²) >= 11 is 0. The van der Waals surface area contributed by atoms with E-state index in [0.717, 1.165) is 24.6 Å². The topological polar surface area (TPSA) is 37.8 Å². The lowest BCUT2D eigenvalue weighted by Gasteiger charge is -2.13. The third kappa shape index (κ3) is 3.18. The van der Waals surface area contributed by atoms with Gasteiger partial charge in [0.05, 0.1) is 0 Å². The molecule has 0 bridgehead atoms.